The average Bonchev–Trinajstić information content (AvgIpc) is 1.63. The van der Waals surface area contributed by atoms with Crippen LogP contribution in [0.3, 0.4) is 0 Å². The second kappa shape index (κ2) is 3.74. The Hall–Kier alpha value is -0.220. The lowest BCUT2D eigenvalue weighted by atomic mass is 10.6. The summed E-state index contributed by atoms with van der Waals surface area (Å²) in [6.07, 6.45) is 0. The largest absolute Gasteiger partial charge is 0.479 e. The number of hydrogen-bond acceptors (Lipinski definition) is 3. The first-order chi connectivity index (χ1) is 4.04. The van der Waals surface area contributed by atoms with Crippen LogP contribution in [0.1, 0.15) is 13.8 Å². The Kier molecular flexibility index (Phi) is 3.65. The van der Waals surface area contributed by atoms with Gasteiger partial charge >= 0.3 is 5.97 Å². The highest BCUT2D eigenvalue weighted by Crippen LogP contribution is 2.14. The Balaban J connectivity index is 3.50. The molecule has 54 valence electrons. The molecule has 2 N–H and O–H groups in total. The standard InChI is InChI=1S/C5H10O3S/c1-3(2)9-5(8)4(6)7/h3,5,8H,1-2H3,(H,6,7). The van der Waals surface area contributed by atoms with Crippen LogP contribution < -0.4 is 0 Å². The molecule has 0 amide bonds. The van der Waals surface area contributed by atoms with Gasteiger partial charge in [0.05, 0.1) is 0 Å². The van der Waals surface area contributed by atoms with E-state index in [9.17, 15) is 4.79 Å². The lowest BCUT2D eigenvalue weighted by Crippen LogP contribution is -2.17. The highest BCUT2D eigenvalue weighted by Gasteiger charge is 2.14. The van der Waals surface area contributed by atoms with Gasteiger partial charge in [-0.1, -0.05) is 13.8 Å². The number of aliphatic hydroxyl groups excluding tert-OH is 1. The van der Waals surface area contributed by atoms with E-state index in [-0.39, 0.29) is 5.25 Å². The molecule has 0 radical (unpaired) electrons. The van der Waals surface area contributed by atoms with E-state index in [1.807, 2.05) is 13.8 Å². The first kappa shape index (κ1) is 8.78. The fraction of sp³-hybridized carbons (Fsp3) is 0.800. The van der Waals surface area contributed by atoms with Gasteiger partial charge in [-0.05, 0) is 0 Å². The number of rotatable bonds is 3. The van der Waals surface area contributed by atoms with Crippen LogP contribution in [-0.4, -0.2) is 26.9 Å². The van der Waals surface area contributed by atoms with Gasteiger partial charge in [0, 0.05) is 5.25 Å². The SMILES string of the molecule is CC(C)SC(O)C(=O)O. The van der Waals surface area contributed by atoms with E-state index in [1.54, 1.807) is 0 Å². The summed E-state index contributed by atoms with van der Waals surface area (Å²) in [7, 11) is 0. The second-order valence-electron chi connectivity index (χ2n) is 1.88. The molecule has 9 heavy (non-hydrogen) atoms. The van der Waals surface area contributed by atoms with Gasteiger partial charge < -0.3 is 10.2 Å². The Bertz CT molecular complexity index is 102. The van der Waals surface area contributed by atoms with Crippen molar-refractivity contribution >= 4 is 17.7 Å². The smallest absolute Gasteiger partial charge is 0.343 e. The van der Waals surface area contributed by atoms with Gasteiger partial charge in [0.25, 0.3) is 0 Å². The van der Waals surface area contributed by atoms with Gasteiger partial charge in [0.15, 0.2) is 5.44 Å². The minimum Gasteiger partial charge on any atom is -0.479 e. The van der Waals surface area contributed by atoms with Gasteiger partial charge in [-0.25, -0.2) is 4.79 Å². The molecule has 0 aliphatic carbocycles. The third kappa shape index (κ3) is 4.29. The Morgan fingerprint density at radius 1 is 1.56 bits per heavy atom. The Labute approximate surface area is 58.1 Å². The molecule has 3 nitrogen and oxygen atoms in total. The summed E-state index contributed by atoms with van der Waals surface area (Å²) in [5.41, 5.74) is -1.27. The van der Waals surface area contributed by atoms with Crippen molar-refractivity contribution in [3.8, 4) is 0 Å². The van der Waals surface area contributed by atoms with Gasteiger partial charge in [0.1, 0.15) is 0 Å². The fourth-order valence-corrected chi connectivity index (χ4v) is 0.948. The van der Waals surface area contributed by atoms with Crippen LogP contribution in [0, 0.1) is 0 Å². The zero-order valence-electron chi connectivity index (χ0n) is 5.37. The third-order valence-corrected chi connectivity index (χ3v) is 1.62. The highest BCUT2D eigenvalue weighted by molar-refractivity contribution is 8.00. The molecule has 0 aliphatic rings. The number of aliphatic carboxylic acids is 1. The highest BCUT2D eigenvalue weighted by atomic mass is 32.2. The predicted octanol–water partition coefficient (Wildman–Crippen LogP) is 0.531. The molecule has 0 rings (SSSR count). The molecule has 0 aromatic carbocycles. The van der Waals surface area contributed by atoms with Crippen molar-refractivity contribution in [3.05, 3.63) is 0 Å². The zero-order chi connectivity index (χ0) is 7.44. The Morgan fingerprint density at radius 3 is 2.11 bits per heavy atom. The van der Waals surface area contributed by atoms with Crippen LogP contribution >= 0.6 is 11.8 Å². The zero-order valence-corrected chi connectivity index (χ0v) is 6.18. The summed E-state index contributed by atoms with van der Waals surface area (Å²) in [6, 6.07) is 0. The van der Waals surface area contributed by atoms with Crippen molar-refractivity contribution in [1.82, 2.24) is 0 Å². The van der Waals surface area contributed by atoms with E-state index in [0.717, 1.165) is 11.8 Å². The van der Waals surface area contributed by atoms with Gasteiger partial charge in [-0.15, -0.1) is 11.8 Å². The van der Waals surface area contributed by atoms with Gasteiger partial charge in [-0.2, -0.15) is 0 Å². The summed E-state index contributed by atoms with van der Waals surface area (Å²) in [4.78, 5) is 9.96. The molecule has 0 spiro atoms. The van der Waals surface area contributed by atoms with E-state index in [0.29, 0.717) is 0 Å². The Morgan fingerprint density at radius 2 is 2.00 bits per heavy atom. The average molecular weight is 150 g/mol. The first-order valence-corrected chi connectivity index (χ1v) is 3.54. The van der Waals surface area contributed by atoms with E-state index in [2.05, 4.69) is 0 Å². The van der Waals surface area contributed by atoms with E-state index < -0.39 is 11.4 Å². The predicted molar refractivity (Wildman–Crippen MR) is 36.4 cm³/mol. The molecule has 0 bridgehead atoms. The minimum absolute atomic E-state index is 0.149. The molecule has 0 aliphatic heterocycles. The van der Waals surface area contributed by atoms with Crippen LogP contribution in [0.15, 0.2) is 0 Å². The van der Waals surface area contributed by atoms with Crippen molar-refractivity contribution in [2.45, 2.75) is 24.5 Å². The molecule has 0 aromatic rings. The maximum atomic E-state index is 9.96. The molecule has 0 heterocycles. The number of carboxylic acid groups (broad SMARTS) is 1. The topological polar surface area (TPSA) is 57.5 Å². The molecule has 0 saturated carbocycles. The maximum absolute atomic E-state index is 9.96. The van der Waals surface area contributed by atoms with Crippen molar-refractivity contribution in [1.29, 1.82) is 0 Å². The summed E-state index contributed by atoms with van der Waals surface area (Å²) in [6.45, 7) is 3.66. The molecule has 1 atom stereocenters. The van der Waals surface area contributed by atoms with Crippen LogP contribution in [0.2, 0.25) is 0 Å². The lowest BCUT2D eigenvalue weighted by molar-refractivity contribution is -0.141. The third-order valence-electron chi connectivity index (χ3n) is 0.612. The summed E-state index contributed by atoms with van der Waals surface area (Å²) >= 11 is 1.02. The van der Waals surface area contributed by atoms with E-state index >= 15 is 0 Å². The fourth-order valence-electron chi connectivity index (χ4n) is 0.316. The van der Waals surface area contributed by atoms with Crippen molar-refractivity contribution < 1.29 is 15.0 Å². The summed E-state index contributed by atoms with van der Waals surface area (Å²) < 4.78 is 0. The van der Waals surface area contributed by atoms with Crippen LogP contribution in [0.4, 0.5) is 0 Å². The minimum atomic E-state index is -1.27. The molecule has 1 unspecified atom stereocenters. The number of carboxylic acids is 1. The molecular formula is C5H10O3S. The summed E-state index contributed by atoms with van der Waals surface area (Å²) in [5.74, 6) is -1.17. The van der Waals surface area contributed by atoms with E-state index in [1.165, 1.54) is 0 Å². The van der Waals surface area contributed by atoms with Crippen molar-refractivity contribution in [2.24, 2.45) is 0 Å². The number of thioether (sulfide) groups is 1. The van der Waals surface area contributed by atoms with Crippen LogP contribution in [0.5, 0.6) is 0 Å². The lowest BCUT2D eigenvalue weighted by Gasteiger charge is -2.06. The monoisotopic (exact) mass is 150 g/mol. The quantitative estimate of drug-likeness (QED) is 0.576. The first-order valence-electron chi connectivity index (χ1n) is 2.60. The van der Waals surface area contributed by atoms with Crippen molar-refractivity contribution in [2.75, 3.05) is 0 Å². The molecule has 4 heteroatoms. The number of carbonyl (C=O) groups is 1. The van der Waals surface area contributed by atoms with Crippen molar-refractivity contribution in [3.63, 3.8) is 0 Å². The normalized spacial score (nSPS) is 13.8. The number of aliphatic hydroxyl groups is 1. The number of hydrogen-bond donors (Lipinski definition) is 2. The molecular weight excluding hydrogens is 140 g/mol. The molecule has 0 aromatic heterocycles. The van der Waals surface area contributed by atoms with Gasteiger partial charge in [0.2, 0.25) is 0 Å². The van der Waals surface area contributed by atoms with Gasteiger partial charge in [-0.3, -0.25) is 0 Å². The van der Waals surface area contributed by atoms with Crippen LogP contribution in [-0.2, 0) is 4.79 Å². The van der Waals surface area contributed by atoms with Crippen LogP contribution in [0.25, 0.3) is 0 Å². The summed E-state index contributed by atoms with van der Waals surface area (Å²) in [5, 5.41) is 17.0. The molecule has 0 fully saturated rings. The van der Waals surface area contributed by atoms with E-state index in [4.69, 9.17) is 10.2 Å². The second-order valence-corrected chi connectivity index (χ2v) is 3.54. The molecule has 0 saturated heterocycles. The maximum Gasteiger partial charge on any atom is 0.343 e.